The number of nitrogens with zero attached hydrogens (tertiary/aromatic N) is 2. The molecule has 1 aromatic rings. The van der Waals surface area contributed by atoms with Crippen molar-refractivity contribution in [1.82, 2.24) is 15.1 Å². The van der Waals surface area contributed by atoms with Crippen LogP contribution in [0.25, 0.3) is 0 Å². The van der Waals surface area contributed by atoms with Gasteiger partial charge in [0.1, 0.15) is 0 Å². The summed E-state index contributed by atoms with van der Waals surface area (Å²) in [6.45, 7) is 7.53. The number of carbonyl (C=O) groups is 1. The lowest BCUT2D eigenvalue weighted by molar-refractivity contribution is 0.136. The first-order valence-corrected chi connectivity index (χ1v) is 9.29. The summed E-state index contributed by atoms with van der Waals surface area (Å²) in [5.41, 5.74) is 0. The van der Waals surface area contributed by atoms with Crippen LogP contribution in [0.5, 0.6) is 0 Å². The van der Waals surface area contributed by atoms with Crippen molar-refractivity contribution in [3.8, 4) is 0 Å². The maximum atomic E-state index is 12.0. The van der Waals surface area contributed by atoms with E-state index in [1.54, 1.807) is 11.3 Å². The number of nitrogens with one attached hydrogen (secondary N) is 1. The highest BCUT2D eigenvalue weighted by Gasteiger charge is 2.20. The zero-order valence-electron chi connectivity index (χ0n) is 12.6. The first-order chi connectivity index (χ1) is 10.2. The predicted molar refractivity (Wildman–Crippen MR) is 91.8 cm³/mol. The fraction of sp³-hybridized carbons (Fsp3) is 0.667. The Morgan fingerprint density at radius 1 is 1.29 bits per heavy atom. The largest absolute Gasteiger partial charge is 0.338 e. The van der Waals surface area contributed by atoms with E-state index in [0.29, 0.717) is 0 Å². The van der Waals surface area contributed by atoms with Crippen molar-refractivity contribution >= 4 is 33.3 Å². The maximum Gasteiger partial charge on any atom is 0.317 e. The van der Waals surface area contributed by atoms with Gasteiger partial charge in [0, 0.05) is 44.1 Å². The first-order valence-electron chi connectivity index (χ1n) is 7.68. The lowest BCUT2D eigenvalue weighted by Crippen LogP contribution is -2.51. The number of hydrogen-bond donors (Lipinski definition) is 1. The molecule has 0 radical (unpaired) electrons. The zero-order valence-corrected chi connectivity index (χ0v) is 15.0. The quantitative estimate of drug-likeness (QED) is 0.774. The molecular weight excluding hydrogens is 350 g/mol. The van der Waals surface area contributed by atoms with Gasteiger partial charge in [-0.3, -0.25) is 4.90 Å². The minimum atomic E-state index is 0.102. The second-order valence-electron chi connectivity index (χ2n) is 5.41. The number of rotatable bonds is 6. The van der Waals surface area contributed by atoms with Crippen LogP contribution in [0.4, 0.5) is 4.79 Å². The SMILES string of the molecule is CCCCCNC(=O)N1CCN(Cc2ccc(Br)s2)CC1. The molecule has 1 saturated heterocycles. The summed E-state index contributed by atoms with van der Waals surface area (Å²) < 4.78 is 1.18. The van der Waals surface area contributed by atoms with Gasteiger partial charge in [-0.1, -0.05) is 19.8 Å². The second kappa shape index (κ2) is 8.76. The van der Waals surface area contributed by atoms with Gasteiger partial charge in [0.25, 0.3) is 0 Å². The highest BCUT2D eigenvalue weighted by molar-refractivity contribution is 9.11. The van der Waals surface area contributed by atoms with E-state index in [1.165, 1.54) is 21.5 Å². The van der Waals surface area contributed by atoms with Crippen molar-refractivity contribution in [2.45, 2.75) is 32.7 Å². The number of thiophene rings is 1. The summed E-state index contributed by atoms with van der Waals surface area (Å²) in [7, 11) is 0. The normalized spacial score (nSPS) is 16.2. The Morgan fingerprint density at radius 3 is 2.67 bits per heavy atom. The third-order valence-electron chi connectivity index (χ3n) is 3.72. The van der Waals surface area contributed by atoms with Crippen molar-refractivity contribution in [3.05, 3.63) is 20.8 Å². The van der Waals surface area contributed by atoms with E-state index in [4.69, 9.17) is 0 Å². The Labute approximate surface area is 139 Å². The van der Waals surface area contributed by atoms with Crippen molar-refractivity contribution in [1.29, 1.82) is 0 Å². The van der Waals surface area contributed by atoms with E-state index < -0.39 is 0 Å². The molecule has 0 spiro atoms. The average Bonchev–Trinajstić information content (AvgIpc) is 2.89. The number of hydrogen-bond acceptors (Lipinski definition) is 3. The van der Waals surface area contributed by atoms with Crippen molar-refractivity contribution in [2.24, 2.45) is 0 Å². The number of halogens is 1. The van der Waals surface area contributed by atoms with E-state index >= 15 is 0 Å². The van der Waals surface area contributed by atoms with Crippen LogP contribution >= 0.6 is 27.3 Å². The molecule has 2 amide bonds. The van der Waals surface area contributed by atoms with Crippen LogP contribution in [0, 0.1) is 0 Å². The molecule has 1 aromatic heterocycles. The van der Waals surface area contributed by atoms with Crippen molar-refractivity contribution in [3.63, 3.8) is 0 Å². The van der Waals surface area contributed by atoms with Crippen LogP contribution in [0.2, 0.25) is 0 Å². The van der Waals surface area contributed by atoms with Crippen molar-refractivity contribution < 1.29 is 4.79 Å². The molecule has 1 N–H and O–H groups in total. The Balaban J connectivity index is 1.66. The molecule has 0 atom stereocenters. The molecule has 2 heterocycles. The van der Waals surface area contributed by atoms with Gasteiger partial charge >= 0.3 is 6.03 Å². The molecule has 0 aliphatic carbocycles. The highest BCUT2D eigenvalue weighted by Crippen LogP contribution is 2.23. The second-order valence-corrected chi connectivity index (χ2v) is 7.96. The van der Waals surface area contributed by atoms with Crippen LogP contribution in [0.1, 0.15) is 31.1 Å². The van der Waals surface area contributed by atoms with E-state index in [2.05, 4.69) is 45.2 Å². The predicted octanol–water partition coefficient (Wildman–Crippen LogP) is 3.53. The van der Waals surface area contributed by atoms with Crippen LogP contribution in [0.3, 0.4) is 0 Å². The Bertz CT molecular complexity index is 444. The number of urea groups is 1. The van der Waals surface area contributed by atoms with Gasteiger partial charge in [-0.25, -0.2) is 4.79 Å². The van der Waals surface area contributed by atoms with E-state index in [1.807, 2.05) is 4.90 Å². The van der Waals surface area contributed by atoms with Gasteiger partial charge in [0.15, 0.2) is 0 Å². The van der Waals surface area contributed by atoms with Gasteiger partial charge in [0.2, 0.25) is 0 Å². The summed E-state index contributed by atoms with van der Waals surface area (Å²) >= 11 is 5.29. The molecule has 1 aliphatic rings. The first kappa shape index (κ1) is 16.8. The maximum absolute atomic E-state index is 12.0. The average molecular weight is 374 g/mol. The standard InChI is InChI=1S/C15H24BrN3OS/c1-2-3-4-7-17-15(20)19-10-8-18(9-11-19)12-13-5-6-14(16)21-13/h5-6H,2-4,7-12H2,1H3,(H,17,20). The number of piperazine rings is 1. The summed E-state index contributed by atoms with van der Waals surface area (Å²) in [6, 6.07) is 4.37. The number of carbonyl (C=O) groups excluding carboxylic acids is 1. The summed E-state index contributed by atoms with van der Waals surface area (Å²) in [5.74, 6) is 0. The van der Waals surface area contributed by atoms with E-state index in [-0.39, 0.29) is 6.03 Å². The van der Waals surface area contributed by atoms with E-state index in [9.17, 15) is 4.79 Å². The van der Waals surface area contributed by atoms with Crippen LogP contribution in [0.15, 0.2) is 15.9 Å². The Hall–Kier alpha value is -0.590. The Morgan fingerprint density at radius 2 is 2.05 bits per heavy atom. The number of unbranched alkanes of at least 4 members (excludes halogenated alkanes) is 2. The molecule has 21 heavy (non-hydrogen) atoms. The molecular formula is C15H24BrN3OS. The monoisotopic (exact) mass is 373 g/mol. The molecule has 118 valence electrons. The lowest BCUT2D eigenvalue weighted by Gasteiger charge is -2.34. The topological polar surface area (TPSA) is 35.6 Å². The molecule has 0 unspecified atom stereocenters. The third kappa shape index (κ3) is 5.60. The molecule has 4 nitrogen and oxygen atoms in total. The molecule has 6 heteroatoms. The molecule has 1 fully saturated rings. The lowest BCUT2D eigenvalue weighted by atomic mass is 10.2. The fourth-order valence-corrected chi connectivity index (χ4v) is 3.97. The highest BCUT2D eigenvalue weighted by atomic mass is 79.9. The minimum Gasteiger partial charge on any atom is -0.338 e. The smallest absolute Gasteiger partial charge is 0.317 e. The Kier molecular flexibility index (Phi) is 6.99. The summed E-state index contributed by atoms with van der Waals surface area (Å²) in [6.07, 6.45) is 3.45. The van der Waals surface area contributed by atoms with Gasteiger partial charge in [-0.05, 0) is 34.5 Å². The van der Waals surface area contributed by atoms with E-state index in [0.717, 1.165) is 45.7 Å². The third-order valence-corrected chi connectivity index (χ3v) is 5.33. The van der Waals surface area contributed by atoms with Gasteiger partial charge in [-0.2, -0.15) is 0 Å². The van der Waals surface area contributed by atoms with Crippen molar-refractivity contribution in [2.75, 3.05) is 32.7 Å². The molecule has 2 rings (SSSR count). The molecule has 0 bridgehead atoms. The number of amides is 2. The van der Waals surface area contributed by atoms with Crippen LogP contribution < -0.4 is 5.32 Å². The molecule has 0 aromatic carbocycles. The van der Waals surface area contributed by atoms with Gasteiger partial charge in [0.05, 0.1) is 3.79 Å². The minimum absolute atomic E-state index is 0.102. The molecule has 0 saturated carbocycles. The van der Waals surface area contributed by atoms with Crippen LogP contribution in [-0.2, 0) is 6.54 Å². The van der Waals surface area contributed by atoms with Gasteiger partial charge in [-0.15, -0.1) is 11.3 Å². The van der Waals surface area contributed by atoms with Crippen LogP contribution in [-0.4, -0.2) is 48.6 Å². The molecule has 1 aliphatic heterocycles. The summed E-state index contributed by atoms with van der Waals surface area (Å²) in [5, 5.41) is 3.02. The van der Waals surface area contributed by atoms with Gasteiger partial charge < -0.3 is 10.2 Å². The summed E-state index contributed by atoms with van der Waals surface area (Å²) in [4.78, 5) is 17.7. The fourth-order valence-electron chi connectivity index (χ4n) is 2.45. The zero-order chi connectivity index (χ0) is 15.1.